The van der Waals surface area contributed by atoms with Crippen molar-refractivity contribution >= 4 is 28.2 Å². The first-order chi connectivity index (χ1) is 12.8. The molecule has 2 aromatic heterocycles. The van der Waals surface area contributed by atoms with E-state index in [-0.39, 0.29) is 23.1 Å². The average Bonchev–Trinajstić information content (AvgIpc) is 3.31. The Labute approximate surface area is 155 Å². The topological polar surface area (TPSA) is 72.2 Å². The minimum atomic E-state index is -4.54. The summed E-state index contributed by atoms with van der Waals surface area (Å²) in [4.78, 5) is 27.5. The molecule has 3 aromatic rings. The van der Waals surface area contributed by atoms with Crippen LogP contribution in [0.2, 0.25) is 0 Å². The lowest BCUT2D eigenvalue weighted by molar-refractivity contribution is -0.140. The van der Waals surface area contributed by atoms with Gasteiger partial charge in [0.05, 0.1) is 6.26 Å². The van der Waals surface area contributed by atoms with Gasteiger partial charge in [-0.2, -0.15) is 13.2 Å². The van der Waals surface area contributed by atoms with Gasteiger partial charge in [0.25, 0.3) is 0 Å². The molecule has 0 aliphatic rings. The Balaban J connectivity index is 1.58. The van der Waals surface area contributed by atoms with Crippen LogP contribution in [0.3, 0.4) is 0 Å². The van der Waals surface area contributed by atoms with Gasteiger partial charge in [-0.25, -0.2) is 4.98 Å². The van der Waals surface area contributed by atoms with Crippen LogP contribution in [0, 0.1) is 0 Å². The van der Waals surface area contributed by atoms with Gasteiger partial charge < -0.3 is 9.73 Å². The number of aryl methyl sites for hydroxylation is 1. The number of hydrogen-bond donors (Lipinski definition) is 1. The highest BCUT2D eigenvalue weighted by Gasteiger charge is 2.33. The highest BCUT2D eigenvalue weighted by Crippen LogP contribution is 2.31. The minimum Gasteiger partial charge on any atom is -0.461 e. The van der Waals surface area contributed by atoms with Crippen molar-refractivity contribution in [1.82, 2.24) is 4.98 Å². The first-order valence-corrected chi connectivity index (χ1v) is 8.70. The van der Waals surface area contributed by atoms with Gasteiger partial charge in [-0.1, -0.05) is 18.2 Å². The van der Waals surface area contributed by atoms with Crippen LogP contribution in [0.4, 0.5) is 18.3 Å². The third-order valence-corrected chi connectivity index (χ3v) is 4.37. The van der Waals surface area contributed by atoms with E-state index in [4.69, 9.17) is 4.42 Å². The van der Waals surface area contributed by atoms with Gasteiger partial charge in [0.1, 0.15) is 0 Å². The lowest BCUT2D eigenvalue weighted by Crippen LogP contribution is -2.13. The molecule has 1 N–H and O–H groups in total. The van der Waals surface area contributed by atoms with Crippen LogP contribution in [-0.2, 0) is 17.4 Å². The predicted octanol–water partition coefficient (Wildman–Crippen LogP) is 4.56. The second-order valence-electron chi connectivity index (χ2n) is 5.59. The van der Waals surface area contributed by atoms with E-state index in [0.29, 0.717) is 23.3 Å². The summed E-state index contributed by atoms with van der Waals surface area (Å²) < 4.78 is 42.6. The van der Waals surface area contributed by atoms with Crippen molar-refractivity contribution < 1.29 is 27.2 Å². The molecule has 0 bridgehead atoms. The molecule has 0 spiro atoms. The maximum absolute atomic E-state index is 12.5. The first kappa shape index (κ1) is 18.8. The van der Waals surface area contributed by atoms with Crippen molar-refractivity contribution in [2.24, 2.45) is 0 Å². The van der Waals surface area contributed by atoms with Gasteiger partial charge in [0.15, 0.2) is 16.6 Å². The van der Waals surface area contributed by atoms with Gasteiger partial charge in [0, 0.05) is 17.4 Å². The van der Waals surface area contributed by atoms with Crippen molar-refractivity contribution in [3.63, 3.8) is 0 Å². The van der Waals surface area contributed by atoms with Gasteiger partial charge in [-0.3, -0.25) is 9.59 Å². The fourth-order valence-electron chi connectivity index (χ4n) is 2.32. The molecule has 0 saturated heterocycles. The number of ketones is 1. The summed E-state index contributed by atoms with van der Waals surface area (Å²) in [5.41, 5.74) is 0.141. The zero-order valence-electron chi connectivity index (χ0n) is 13.7. The van der Waals surface area contributed by atoms with E-state index in [9.17, 15) is 22.8 Å². The lowest BCUT2D eigenvalue weighted by Gasteiger charge is -2.05. The summed E-state index contributed by atoms with van der Waals surface area (Å²) in [6, 6.07) is 9.93. The maximum Gasteiger partial charge on any atom is 0.434 e. The number of nitrogens with zero attached hydrogens (tertiary/aromatic N) is 1. The van der Waals surface area contributed by atoms with Crippen molar-refractivity contribution in [1.29, 1.82) is 0 Å². The molecule has 1 aromatic carbocycles. The van der Waals surface area contributed by atoms with Gasteiger partial charge in [-0.05, 0) is 30.2 Å². The summed E-state index contributed by atoms with van der Waals surface area (Å²) in [6.45, 7) is 0. The average molecular weight is 394 g/mol. The summed E-state index contributed by atoms with van der Waals surface area (Å²) in [5, 5.41) is 3.09. The molecule has 27 heavy (non-hydrogen) atoms. The lowest BCUT2D eigenvalue weighted by atomic mass is 10.0. The van der Waals surface area contributed by atoms with Crippen molar-refractivity contribution in [2.45, 2.75) is 19.0 Å². The van der Waals surface area contributed by atoms with E-state index in [0.717, 1.165) is 10.9 Å². The van der Waals surface area contributed by atoms with E-state index in [1.807, 2.05) is 0 Å². The number of rotatable bonds is 6. The first-order valence-electron chi connectivity index (χ1n) is 7.82. The molecule has 9 heteroatoms. The van der Waals surface area contributed by atoms with Crippen LogP contribution in [0.1, 0.15) is 33.8 Å². The van der Waals surface area contributed by atoms with Crippen LogP contribution in [0.15, 0.2) is 52.5 Å². The quantitative estimate of drug-likeness (QED) is 0.623. The zero-order valence-corrected chi connectivity index (χ0v) is 14.6. The van der Waals surface area contributed by atoms with E-state index in [1.54, 1.807) is 36.4 Å². The number of benzene rings is 1. The molecule has 0 saturated carbocycles. The Kier molecular flexibility index (Phi) is 5.41. The number of carbonyl (C=O) groups excluding carboxylic acids is 2. The monoisotopic (exact) mass is 394 g/mol. The molecule has 2 heterocycles. The Morgan fingerprint density at radius 2 is 2.00 bits per heavy atom. The van der Waals surface area contributed by atoms with E-state index < -0.39 is 17.8 Å². The van der Waals surface area contributed by atoms with Gasteiger partial charge >= 0.3 is 6.18 Å². The SMILES string of the molecule is O=C(CCc1cccc(C(=O)c2ccco2)c1)Nc1nc(C(F)(F)F)cs1. The van der Waals surface area contributed by atoms with Crippen molar-refractivity contribution in [3.05, 3.63) is 70.6 Å². The number of alkyl halides is 3. The molecule has 0 aliphatic carbocycles. The molecule has 1 amide bonds. The number of aromatic nitrogens is 1. The van der Waals surface area contributed by atoms with Crippen LogP contribution in [0.5, 0.6) is 0 Å². The van der Waals surface area contributed by atoms with E-state index in [2.05, 4.69) is 10.3 Å². The highest BCUT2D eigenvalue weighted by molar-refractivity contribution is 7.13. The Hall–Kier alpha value is -2.94. The van der Waals surface area contributed by atoms with Crippen LogP contribution >= 0.6 is 11.3 Å². The fourth-order valence-corrected chi connectivity index (χ4v) is 3.05. The second-order valence-corrected chi connectivity index (χ2v) is 6.45. The minimum absolute atomic E-state index is 0.0410. The van der Waals surface area contributed by atoms with E-state index in [1.165, 1.54) is 6.26 Å². The number of halogens is 3. The Morgan fingerprint density at radius 3 is 2.67 bits per heavy atom. The maximum atomic E-state index is 12.5. The summed E-state index contributed by atoms with van der Waals surface area (Å²) >= 11 is 0.713. The van der Waals surface area contributed by atoms with Crippen molar-refractivity contribution in [3.8, 4) is 0 Å². The largest absolute Gasteiger partial charge is 0.461 e. The molecule has 140 valence electrons. The number of amides is 1. The molecule has 0 aliphatic heterocycles. The standard InChI is InChI=1S/C18H13F3N2O3S/c19-18(20,21)14-10-27-17(22-14)23-15(24)7-6-11-3-1-4-12(9-11)16(25)13-5-2-8-26-13/h1-5,8-10H,6-7H2,(H,22,23,24). The molecule has 5 nitrogen and oxygen atoms in total. The number of thiazole rings is 1. The smallest absolute Gasteiger partial charge is 0.434 e. The normalized spacial score (nSPS) is 11.4. The Morgan fingerprint density at radius 1 is 1.19 bits per heavy atom. The number of carbonyl (C=O) groups is 2. The molecule has 0 fully saturated rings. The van der Waals surface area contributed by atoms with Gasteiger partial charge in [0.2, 0.25) is 11.7 Å². The second kappa shape index (κ2) is 7.75. The van der Waals surface area contributed by atoms with Crippen LogP contribution in [0.25, 0.3) is 0 Å². The number of anilines is 1. The highest BCUT2D eigenvalue weighted by atomic mass is 32.1. The van der Waals surface area contributed by atoms with Crippen molar-refractivity contribution in [2.75, 3.05) is 5.32 Å². The Bertz CT molecular complexity index is 949. The number of hydrogen-bond acceptors (Lipinski definition) is 5. The molecular formula is C18H13F3N2O3S. The molecule has 0 unspecified atom stereocenters. The van der Waals surface area contributed by atoms with Crippen LogP contribution < -0.4 is 5.32 Å². The number of furan rings is 1. The van der Waals surface area contributed by atoms with Gasteiger partial charge in [-0.15, -0.1) is 11.3 Å². The summed E-state index contributed by atoms with van der Waals surface area (Å²) in [5.74, 6) is -0.510. The summed E-state index contributed by atoms with van der Waals surface area (Å²) in [6.07, 6.45) is -2.77. The third-order valence-electron chi connectivity index (χ3n) is 3.62. The summed E-state index contributed by atoms with van der Waals surface area (Å²) in [7, 11) is 0. The molecular weight excluding hydrogens is 381 g/mol. The molecule has 0 radical (unpaired) electrons. The fraction of sp³-hybridized carbons (Fsp3) is 0.167. The molecule has 3 rings (SSSR count). The molecule has 0 atom stereocenters. The zero-order chi connectivity index (χ0) is 19.4. The third kappa shape index (κ3) is 4.82. The number of nitrogens with one attached hydrogen (secondary N) is 1. The van der Waals surface area contributed by atoms with Crippen LogP contribution in [-0.4, -0.2) is 16.7 Å². The van der Waals surface area contributed by atoms with E-state index >= 15 is 0 Å². The predicted molar refractivity (Wildman–Crippen MR) is 92.6 cm³/mol.